The largest absolute Gasteiger partial charge is 0.466 e. The molecule has 8 nitrogen and oxygen atoms in total. The third kappa shape index (κ3) is 34.8. The van der Waals surface area contributed by atoms with Gasteiger partial charge in [0.1, 0.15) is 0 Å². The molecule has 0 rings (SSSR count). The van der Waals surface area contributed by atoms with E-state index in [4.69, 9.17) is 14.2 Å². The van der Waals surface area contributed by atoms with Crippen molar-refractivity contribution in [2.24, 2.45) is 0 Å². The molecule has 0 saturated heterocycles. The van der Waals surface area contributed by atoms with E-state index >= 15 is 0 Å². The predicted molar refractivity (Wildman–Crippen MR) is 158 cm³/mol. The molecular formula is C31H54O8. The Balaban J connectivity index is -0.000000215. The van der Waals surface area contributed by atoms with Gasteiger partial charge in [0, 0.05) is 22.3 Å². The number of carbonyl (C=O) groups excluding carboxylic acids is 4. The maximum absolute atomic E-state index is 11.1. The van der Waals surface area contributed by atoms with Crippen molar-refractivity contribution >= 4 is 23.9 Å². The number of carbonyl (C=O) groups is 4. The number of hydrogen-bond donors (Lipinski definition) is 0. The second kappa shape index (κ2) is 31.1. The van der Waals surface area contributed by atoms with Gasteiger partial charge in [0.25, 0.3) is 0 Å². The highest BCUT2D eigenvalue weighted by Crippen LogP contribution is 2.03. The van der Waals surface area contributed by atoms with E-state index in [-0.39, 0.29) is 23.9 Å². The van der Waals surface area contributed by atoms with Crippen LogP contribution in [0.25, 0.3) is 0 Å². The monoisotopic (exact) mass is 554 g/mol. The molecule has 39 heavy (non-hydrogen) atoms. The zero-order chi connectivity index (χ0) is 31.2. The van der Waals surface area contributed by atoms with E-state index in [0.717, 1.165) is 32.1 Å². The fourth-order valence-electron chi connectivity index (χ4n) is 1.86. The fourth-order valence-corrected chi connectivity index (χ4v) is 1.86. The molecule has 0 unspecified atom stereocenters. The van der Waals surface area contributed by atoms with Gasteiger partial charge in [0.2, 0.25) is 0 Å². The topological polar surface area (TPSA) is 105 Å². The van der Waals surface area contributed by atoms with E-state index < -0.39 is 0 Å². The van der Waals surface area contributed by atoms with Crippen molar-refractivity contribution in [2.45, 2.75) is 99.8 Å². The van der Waals surface area contributed by atoms with Crippen LogP contribution in [-0.4, -0.2) is 50.8 Å². The zero-order valence-corrected chi connectivity index (χ0v) is 25.9. The first-order valence-corrected chi connectivity index (χ1v) is 13.5. The zero-order valence-electron chi connectivity index (χ0n) is 25.9. The highest BCUT2D eigenvalue weighted by molar-refractivity contribution is 5.88. The van der Waals surface area contributed by atoms with Crippen LogP contribution in [0.1, 0.15) is 99.8 Å². The first-order chi connectivity index (χ1) is 18.3. The van der Waals surface area contributed by atoms with Gasteiger partial charge in [-0.15, -0.1) is 0 Å². The molecule has 0 atom stereocenters. The van der Waals surface area contributed by atoms with Crippen LogP contribution in [-0.2, 0) is 38.1 Å². The molecule has 0 amide bonds. The summed E-state index contributed by atoms with van der Waals surface area (Å²) in [6.45, 7) is 28.4. The maximum atomic E-state index is 11.1. The normalized spacial score (nSPS) is 8.92. The number of ether oxygens (including phenoxy) is 4. The number of hydrogen-bond acceptors (Lipinski definition) is 8. The first-order valence-electron chi connectivity index (χ1n) is 13.5. The van der Waals surface area contributed by atoms with Crippen LogP contribution in [0.15, 0.2) is 48.6 Å². The van der Waals surface area contributed by atoms with E-state index in [1.54, 1.807) is 20.8 Å². The number of rotatable bonds is 15. The molecule has 0 aromatic rings. The Kier molecular flexibility index (Phi) is 34.2. The molecule has 0 aliphatic carbocycles. The van der Waals surface area contributed by atoms with Crippen molar-refractivity contribution < 1.29 is 38.1 Å². The molecule has 0 fully saturated rings. The fraction of sp³-hybridized carbons (Fsp3) is 0.613. The molecule has 0 spiro atoms. The summed E-state index contributed by atoms with van der Waals surface area (Å²) in [5.41, 5.74) is 1.93. The lowest BCUT2D eigenvalue weighted by molar-refractivity contribution is -0.140. The summed E-state index contributed by atoms with van der Waals surface area (Å²) in [4.78, 5) is 42.6. The van der Waals surface area contributed by atoms with Gasteiger partial charge in [-0.1, -0.05) is 79.7 Å². The Morgan fingerprint density at radius 3 is 1.26 bits per heavy atom. The molecule has 8 heteroatoms. The van der Waals surface area contributed by atoms with Gasteiger partial charge in [0.05, 0.1) is 26.9 Å². The van der Waals surface area contributed by atoms with Gasteiger partial charge in [0.15, 0.2) is 0 Å². The van der Waals surface area contributed by atoms with Crippen LogP contribution in [0, 0.1) is 0 Å². The van der Waals surface area contributed by atoms with Crippen molar-refractivity contribution in [3.8, 4) is 0 Å². The van der Waals surface area contributed by atoms with Crippen LogP contribution in [0.2, 0.25) is 0 Å². The number of esters is 4. The Bertz CT molecular complexity index is 750. The van der Waals surface area contributed by atoms with E-state index in [2.05, 4.69) is 44.9 Å². The molecule has 0 heterocycles. The van der Waals surface area contributed by atoms with E-state index in [9.17, 15) is 19.2 Å². The lowest BCUT2D eigenvalue weighted by atomic mass is 10.2. The van der Waals surface area contributed by atoms with Crippen LogP contribution >= 0.6 is 0 Å². The Hall–Kier alpha value is -3.16. The molecule has 0 aromatic heterocycles. The van der Waals surface area contributed by atoms with E-state index in [1.807, 2.05) is 13.8 Å². The lowest BCUT2D eigenvalue weighted by Crippen LogP contribution is -2.07. The van der Waals surface area contributed by atoms with Crippen LogP contribution in [0.3, 0.4) is 0 Å². The summed E-state index contributed by atoms with van der Waals surface area (Å²) in [5, 5.41) is 0. The Morgan fingerprint density at radius 2 is 0.923 bits per heavy atom. The second-order valence-corrected chi connectivity index (χ2v) is 8.61. The van der Waals surface area contributed by atoms with Crippen molar-refractivity contribution in [1.29, 1.82) is 0 Å². The second-order valence-electron chi connectivity index (χ2n) is 8.61. The SMILES string of the molecule is C=C(C)C(=O)OC.C=C(C)C(=O)OCCC.C=C(C)C(=O)OCCCC.C=C(CC)C(=O)OCCCCCC. The molecule has 0 saturated carbocycles. The van der Waals surface area contributed by atoms with Crippen LogP contribution < -0.4 is 0 Å². The summed E-state index contributed by atoms with van der Waals surface area (Å²) >= 11 is 0. The third-order valence-electron chi connectivity index (χ3n) is 4.35. The molecule has 0 aliphatic rings. The van der Waals surface area contributed by atoms with Gasteiger partial charge >= 0.3 is 23.9 Å². The molecule has 0 N–H and O–H groups in total. The lowest BCUT2D eigenvalue weighted by Gasteiger charge is -2.04. The Morgan fingerprint density at radius 1 is 0.513 bits per heavy atom. The molecule has 0 radical (unpaired) electrons. The number of methoxy groups -OCH3 is 1. The summed E-state index contributed by atoms with van der Waals surface area (Å²) in [6, 6.07) is 0. The molecule has 0 bridgehead atoms. The van der Waals surface area contributed by atoms with Gasteiger partial charge < -0.3 is 18.9 Å². The van der Waals surface area contributed by atoms with E-state index in [1.165, 1.54) is 20.0 Å². The van der Waals surface area contributed by atoms with Crippen molar-refractivity contribution in [3.63, 3.8) is 0 Å². The quantitative estimate of drug-likeness (QED) is 0.0903. The minimum atomic E-state index is -0.347. The third-order valence-corrected chi connectivity index (χ3v) is 4.35. The summed E-state index contributed by atoms with van der Waals surface area (Å²) in [7, 11) is 1.33. The van der Waals surface area contributed by atoms with Crippen molar-refractivity contribution in [3.05, 3.63) is 48.6 Å². The number of unbranched alkanes of at least 4 members (excludes halogenated alkanes) is 4. The smallest absolute Gasteiger partial charge is 0.333 e. The average molecular weight is 555 g/mol. The van der Waals surface area contributed by atoms with Crippen LogP contribution in [0.5, 0.6) is 0 Å². The van der Waals surface area contributed by atoms with Crippen LogP contribution in [0.4, 0.5) is 0 Å². The van der Waals surface area contributed by atoms with Crippen molar-refractivity contribution in [2.75, 3.05) is 26.9 Å². The van der Waals surface area contributed by atoms with Gasteiger partial charge in [-0.3, -0.25) is 0 Å². The average Bonchev–Trinajstić information content (AvgIpc) is 2.91. The molecule has 0 aliphatic heterocycles. The standard InChI is InChI=1S/C11H20O2.C8H14O2.C7H12O2.C5H8O2/c1-4-6-7-8-9-13-11(12)10(3)5-2;1-4-5-6-10-8(9)7(2)3;1-4-5-9-7(8)6(2)3;1-4(2)5(6)7-3/h3-9H2,1-2H3;2,4-6H2,1,3H3;2,4-5H2,1,3H3;1H2,2-3H3. The molecule has 226 valence electrons. The minimum Gasteiger partial charge on any atom is -0.466 e. The summed E-state index contributed by atoms with van der Waals surface area (Å²) in [5.74, 6) is -1.16. The summed E-state index contributed by atoms with van der Waals surface area (Å²) in [6.07, 6.45) is 8.04. The first kappa shape index (κ1) is 42.9. The molecule has 0 aromatic carbocycles. The van der Waals surface area contributed by atoms with E-state index in [0.29, 0.717) is 48.5 Å². The summed E-state index contributed by atoms with van der Waals surface area (Å²) < 4.78 is 18.8. The highest BCUT2D eigenvalue weighted by atomic mass is 16.5. The van der Waals surface area contributed by atoms with Crippen molar-refractivity contribution in [1.82, 2.24) is 0 Å². The van der Waals surface area contributed by atoms with Gasteiger partial charge in [-0.2, -0.15) is 0 Å². The van der Waals surface area contributed by atoms with Gasteiger partial charge in [-0.05, 0) is 46.5 Å². The highest BCUT2D eigenvalue weighted by Gasteiger charge is 2.04. The minimum absolute atomic E-state index is 0.237. The predicted octanol–water partition coefficient (Wildman–Crippen LogP) is 7.23. The maximum Gasteiger partial charge on any atom is 0.333 e. The Labute approximate surface area is 237 Å². The van der Waals surface area contributed by atoms with Gasteiger partial charge in [-0.25, -0.2) is 19.2 Å². The molecular weight excluding hydrogens is 500 g/mol.